The lowest BCUT2D eigenvalue weighted by molar-refractivity contribution is 0.200. The van der Waals surface area contributed by atoms with E-state index in [-0.39, 0.29) is 0 Å². The zero-order valence-electron chi connectivity index (χ0n) is 9.84. The maximum atomic E-state index is 5.01. The third-order valence-corrected chi connectivity index (χ3v) is 3.95. The highest BCUT2D eigenvalue weighted by molar-refractivity contribution is 8.01. The molecule has 5 heteroatoms. The molecule has 0 spiro atoms. The molecule has 2 aromatic rings. The van der Waals surface area contributed by atoms with Crippen molar-refractivity contribution in [2.45, 2.75) is 22.6 Å². The van der Waals surface area contributed by atoms with Gasteiger partial charge in [-0.05, 0) is 30.6 Å². The minimum absolute atomic E-state index is 0.672. The van der Waals surface area contributed by atoms with Gasteiger partial charge in [-0.15, -0.1) is 0 Å². The Labute approximate surface area is 109 Å². The zero-order chi connectivity index (χ0) is 12.1. The van der Waals surface area contributed by atoms with E-state index >= 15 is 0 Å². The van der Waals surface area contributed by atoms with Gasteiger partial charge in [0.1, 0.15) is 5.82 Å². The van der Waals surface area contributed by atoms with Crippen molar-refractivity contribution in [1.82, 2.24) is 9.36 Å². The van der Waals surface area contributed by atoms with Crippen LogP contribution in [0.1, 0.15) is 11.4 Å². The number of rotatable bonds is 5. The molecule has 3 nitrogen and oxygen atoms in total. The lowest BCUT2D eigenvalue weighted by Crippen LogP contribution is -1.95. The minimum Gasteiger partial charge on any atom is -0.384 e. The molecule has 1 heterocycles. The molecular formula is C12H14N2OS2. The van der Waals surface area contributed by atoms with E-state index in [4.69, 9.17) is 4.74 Å². The molecule has 0 bridgehead atoms. The van der Waals surface area contributed by atoms with E-state index in [2.05, 4.69) is 40.5 Å². The first-order valence-corrected chi connectivity index (χ1v) is 6.93. The lowest BCUT2D eigenvalue weighted by Gasteiger charge is -1.98. The number of hydrogen-bond donors (Lipinski definition) is 0. The van der Waals surface area contributed by atoms with Crippen LogP contribution in [0.3, 0.4) is 0 Å². The van der Waals surface area contributed by atoms with Gasteiger partial charge in [0, 0.05) is 18.4 Å². The van der Waals surface area contributed by atoms with Crippen LogP contribution in [0.2, 0.25) is 0 Å². The van der Waals surface area contributed by atoms with Crippen LogP contribution < -0.4 is 0 Å². The van der Waals surface area contributed by atoms with E-state index in [1.807, 2.05) is 0 Å². The summed E-state index contributed by atoms with van der Waals surface area (Å²) in [6.45, 7) is 2.76. The molecule has 0 radical (unpaired) electrons. The van der Waals surface area contributed by atoms with Crippen molar-refractivity contribution in [3.05, 3.63) is 35.7 Å². The van der Waals surface area contributed by atoms with Crippen LogP contribution in [0.4, 0.5) is 0 Å². The monoisotopic (exact) mass is 266 g/mol. The summed E-state index contributed by atoms with van der Waals surface area (Å²) >= 11 is 3.11. The summed E-state index contributed by atoms with van der Waals surface area (Å²) in [4.78, 5) is 5.67. The summed E-state index contributed by atoms with van der Waals surface area (Å²) in [6.07, 6.45) is 0.779. The fourth-order valence-corrected chi connectivity index (χ4v) is 3.11. The van der Waals surface area contributed by atoms with Gasteiger partial charge in [-0.25, -0.2) is 4.98 Å². The summed E-state index contributed by atoms with van der Waals surface area (Å²) in [6, 6.07) is 8.40. The molecule has 1 aromatic heterocycles. The fourth-order valence-electron chi connectivity index (χ4n) is 1.35. The second-order valence-corrected chi connectivity index (χ2v) is 5.71. The SMILES string of the molecule is COCCc1nsc(Sc2cccc(C)c2)n1. The topological polar surface area (TPSA) is 35.0 Å². The third-order valence-electron chi connectivity index (χ3n) is 2.17. The van der Waals surface area contributed by atoms with Gasteiger partial charge < -0.3 is 4.74 Å². The molecule has 0 aliphatic heterocycles. The Morgan fingerprint density at radius 2 is 2.29 bits per heavy atom. The number of methoxy groups -OCH3 is 1. The van der Waals surface area contributed by atoms with Crippen molar-refractivity contribution < 1.29 is 4.74 Å². The van der Waals surface area contributed by atoms with Crippen molar-refractivity contribution in [3.63, 3.8) is 0 Å². The van der Waals surface area contributed by atoms with Crippen LogP contribution >= 0.6 is 23.3 Å². The smallest absolute Gasteiger partial charge is 0.174 e. The van der Waals surface area contributed by atoms with Crippen molar-refractivity contribution in [2.75, 3.05) is 13.7 Å². The first kappa shape index (κ1) is 12.5. The minimum atomic E-state index is 0.672. The molecular weight excluding hydrogens is 252 g/mol. The van der Waals surface area contributed by atoms with Crippen LogP contribution in [-0.4, -0.2) is 23.1 Å². The molecule has 0 saturated carbocycles. The average Bonchev–Trinajstić information content (AvgIpc) is 2.74. The predicted molar refractivity (Wildman–Crippen MR) is 70.8 cm³/mol. The maximum absolute atomic E-state index is 5.01. The van der Waals surface area contributed by atoms with Crippen molar-refractivity contribution >= 4 is 23.3 Å². The van der Waals surface area contributed by atoms with Gasteiger partial charge in [-0.1, -0.05) is 29.5 Å². The number of hydrogen-bond acceptors (Lipinski definition) is 5. The third kappa shape index (κ3) is 3.80. The number of aryl methyl sites for hydroxylation is 1. The number of aromatic nitrogens is 2. The van der Waals surface area contributed by atoms with Crippen molar-refractivity contribution in [2.24, 2.45) is 0 Å². The predicted octanol–water partition coefficient (Wildman–Crippen LogP) is 3.19. The molecule has 0 aliphatic rings. The van der Waals surface area contributed by atoms with Crippen molar-refractivity contribution in [1.29, 1.82) is 0 Å². The number of benzene rings is 1. The molecule has 0 saturated heterocycles. The normalized spacial score (nSPS) is 10.7. The quantitative estimate of drug-likeness (QED) is 0.832. The van der Waals surface area contributed by atoms with Gasteiger partial charge in [0.2, 0.25) is 0 Å². The van der Waals surface area contributed by atoms with E-state index in [0.29, 0.717) is 6.61 Å². The van der Waals surface area contributed by atoms with Crippen LogP contribution in [-0.2, 0) is 11.2 Å². The highest BCUT2D eigenvalue weighted by atomic mass is 32.2. The number of nitrogens with zero attached hydrogens (tertiary/aromatic N) is 2. The van der Waals surface area contributed by atoms with Gasteiger partial charge in [0.05, 0.1) is 6.61 Å². The van der Waals surface area contributed by atoms with Gasteiger partial charge >= 0.3 is 0 Å². The Bertz CT molecular complexity index is 485. The summed E-state index contributed by atoms with van der Waals surface area (Å²) < 4.78 is 10.3. The Morgan fingerprint density at radius 1 is 1.41 bits per heavy atom. The molecule has 0 atom stereocenters. The molecule has 2 rings (SSSR count). The summed E-state index contributed by atoms with van der Waals surface area (Å²) in [7, 11) is 1.69. The van der Waals surface area contributed by atoms with Gasteiger partial charge in [-0.3, -0.25) is 0 Å². The number of ether oxygens (including phenoxy) is 1. The van der Waals surface area contributed by atoms with Gasteiger partial charge in [-0.2, -0.15) is 4.37 Å². The lowest BCUT2D eigenvalue weighted by atomic mass is 10.2. The molecule has 0 fully saturated rings. The van der Waals surface area contributed by atoms with E-state index in [1.165, 1.54) is 22.0 Å². The van der Waals surface area contributed by atoms with Gasteiger partial charge in [0.15, 0.2) is 4.34 Å². The Kier molecular flexibility index (Phi) is 4.53. The summed E-state index contributed by atoms with van der Waals surface area (Å²) in [5.74, 6) is 0.868. The first-order valence-electron chi connectivity index (χ1n) is 5.34. The van der Waals surface area contributed by atoms with E-state index in [0.717, 1.165) is 16.6 Å². The molecule has 0 unspecified atom stereocenters. The van der Waals surface area contributed by atoms with E-state index in [1.54, 1.807) is 18.9 Å². The van der Waals surface area contributed by atoms with Crippen LogP contribution in [0.25, 0.3) is 0 Å². The fraction of sp³-hybridized carbons (Fsp3) is 0.333. The highest BCUT2D eigenvalue weighted by Gasteiger charge is 2.05. The molecule has 17 heavy (non-hydrogen) atoms. The molecule has 0 aliphatic carbocycles. The van der Waals surface area contributed by atoms with Crippen LogP contribution in [0.15, 0.2) is 33.5 Å². The maximum Gasteiger partial charge on any atom is 0.174 e. The Balaban J connectivity index is 2.01. The summed E-state index contributed by atoms with van der Waals surface area (Å²) in [5, 5.41) is 0. The highest BCUT2D eigenvalue weighted by Crippen LogP contribution is 2.29. The van der Waals surface area contributed by atoms with E-state index < -0.39 is 0 Å². The first-order chi connectivity index (χ1) is 8.28. The largest absolute Gasteiger partial charge is 0.384 e. The Morgan fingerprint density at radius 3 is 3.06 bits per heavy atom. The molecule has 1 aromatic carbocycles. The average molecular weight is 266 g/mol. The second kappa shape index (κ2) is 6.14. The summed E-state index contributed by atoms with van der Waals surface area (Å²) in [5.41, 5.74) is 1.26. The molecule has 90 valence electrons. The van der Waals surface area contributed by atoms with Gasteiger partial charge in [0.25, 0.3) is 0 Å². The molecule has 0 amide bonds. The van der Waals surface area contributed by atoms with Crippen LogP contribution in [0.5, 0.6) is 0 Å². The zero-order valence-corrected chi connectivity index (χ0v) is 11.5. The van der Waals surface area contributed by atoms with Crippen LogP contribution in [0, 0.1) is 6.92 Å². The standard InChI is InChI=1S/C12H14N2OS2/c1-9-4-3-5-10(8-9)16-12-13-11(14-17-12)6-7-15-2/h3-5,8H,6-7H2,1-2H3. The van der Waals surface area contributed by atoms with E-state index in [9.17, 15) is 0 Å². The molecule has 0 N–H and O–H groups in total. The van der Waals surface area contributed by atoms with Crippen molar-refractivity contribution in [3.8, 4) is 0 Å². The second-order valence-electron chi connectivity index (χ2n) is 3.64. The Hall–Kier alpha value is -0.910.